The van der Waals surface area contributed by atoms with Crippen LogP contribution in [0.5, 0.6) is 0 Å². The lowest BCUT2D eigenvalue weighted by Crippen LogP contribution is -2.52. The van der Waals surface area contributed by atoms with Crippen LogP contribution in [-0.4, -0.2) is 46.1 Å². The number of benzene rings is 1. The molecule has 1 saturated heterocycles. The van der Waals surface area contributed by atoms with E-state index in [9.17, 15) is 9.18 Å². The summed E-state index contributed by atoms with van der Waals surface area (Å²) < 4.78 is 15.9. The van der Waals surface area contributed by atoms with Gasteiger partial charge in [-0.15, -0.1) is 0 Å². The third-order valence-corrected chi connectivity index (χ3v) is 4.26. The summed E-state index contributed by atoms with van der Waals surface area (Å²) in [5.41, 5.74) is 9.20. The minimum atomic E-state index is -1.14. The van der Waals surface area contributed by atoms with Gasteiger partial charge >= 0.3 is 6.09 Å². The third kappa shape index (κ3) is 2.88. The molecule has 0 unspecified atom stereocenters. The number of imidazole rings is 1. The van der Waals surface area contributed by atoms with Crippen LogP contribution in [0.25, 0.3) is 11.0 Å². The number of halogens is 1. The Morgan fingerprint density at radius 1 is 1.48 bits per heavy atom. The van der Waals surface area contributed by atoms with E-state index in [1.807, 2.05) is 24.6 Å². The predicted molar refractivity (Wildman–Crippen MR) is 86.5 cm³/mol. The van der Waals surface area contributed by atoms with Crippen molar-refractivity contribution in [3.8, 4) is 0 Å². The van der Waals surface area contributed by atoms with Crippen molar-refractivity contribution in [2.24, 2.45) is 7.05 Å². The molecule has 0 spiro atoms. The number of fused-ring (bicyclic) bond motifs is 1. The lowest BCUT2D eigenvalue weighted by atomic mass is 10.0. The van der Waals surface area contributed by atoms with Gasteiger partial charge in [0.25, 0.3) is 0 Å². The number of anilines is 2. The van der Waals surface area contributed by atoms with Crippen molar-refractivity contribution >= 4 is 28.8 Å². The number of rotatable bonds is 2. The van der Waals surface area contributed by atoms with Crippen molar-refractivity contribution in [1.82, 2.24) is 14.9 Å². The van der Waals surface area contributed by atoms with Gasteiger partial charge in [0.1, 0.15) is 6.17 Å². The molecule has 1 aromatic carbocycles. The first-order valence-electron chi connectivity index (χ1n) is 7.46. The molecule has 1 aliphatic heterocycles. The average molecular weight is 321 g/mol. The molecule has 23 heavy (non-hydrogen) atoms. The van der Waals surface area contributed by atoms with Gasteiger partial charge in [-0.05, 0) is 24.6 Å². The Hall–Kier alpha value is -2.51. The van der Waals surface area contributed by atoms with E-state index in [4.69, 9.17) is 10.8 Å². The number of aryl methyl sites for hydroxylation is 2. The van der Waals surface area contributed by atoms with Crippen molar-refractivity contribution in [1.29, 1.82) is 0 Å². The first-order chi connectivity index (χ1) is 10.8. The number of nitrogens with zero attached hydrogens (tertiary/aromatic N) is 3. The molecule has 2 atom stereocenters. The monoisotopic (exact) mass is 321 g/mol. The molecule has 1 aliphatic rings. The highest BCUT2D eigenvalue weighted by Gasteiger charge is 2.30. The molecule has 2 heterocycles. The third-order valence-electron chi connectivity index (χ3n) is 4.26. The molecule has 1 amide bonds. The Morgan fingerprint density at radius 2 is 2.22 bits per heavy atom. The number of hydrogen-bond donors (Lipinski definition) is 3. The molecular weight excluding hydrogens is 301 g/mol. The van der Waals surface area contributed by atoms with Gasteiger partial charge in [-0.2, -0.15) is 0 Å². The predicted octanol–water partition coefficient (Wildman–Crippen LogP) is 1.65. The zero-order valence-electron chi connectivity index (χ0n) is 13.1. The Morgan fingerprint density at radius 3 is 2.91 bits per heavy atom. The van der Waals surface area contributed by atoms with E-state index in [-0.39, 0.29) is 13.0 Å². The highest BCUT2D eigenvalue weighted by atomic mass is 19.1. The number of aromatic nitrogens is 2. The van der Waals surface area contributed by atoms with Gasteiger partial charge in [-0.1, -0.05) is 0 Å². The Kier molecular flexibility index (Phi) is 3.75. The second-order valence-corrected chi connectivity index (χ2v) is 6.05. The molecule has 8 heteroatoms. The SMILES string of the molecule is Cc1cc2c(cc1N)nc(N1C[C@H](F)C[C@@H](NC(=O)O)C1)n2C. The van der Waals surface area contributed by atoms with Crippen molar-refractivity contribution in [3.05, 3.63) is 17.7 Å². The smallest absolute Gasteiger partial charge is 0.404 e. The number of amides is 1. The van der Waals surface area contributed by atoms with E-state index < -0.39 is 18.3 Å². The molecular formula is C15H20FN5O2. The number of carboxylic acid groups (broad SMARTS) is 1. The molecule has 1 aromatic heterocycles. The standard InChI is InChI=1S/C15H20FN5O2/c1-8-3-13-12(5-11(8)17)19-14(20(13)2)21-6-9(16)4-10(7-21)18-15(22)23/h3,5,9-10,18H,4,6-7,17H2,1-2H3,(H,22,23)/t9-,10-/m1/s1. The molecule has 0 radical (unpaired) electrons. The van der Waals surface area contributed by atoms with E-state index >= 15 is 0 Å². The maximum atomic E-state index is 14.0. The second kappa shape index (κ2) is 5.60. The number of piperidine rings is 1. The van der Waals surface area contributed by atoms with Crippen molar-refractivity contribution in [3.63, 3.8) is 0 Å². The van der Waals surface area contributed by atoms with Gasteiger partial charge in [0.05, 0.1) is 23.6 Å². The van der Waals surface area contributed by atoms with Crippen LogP contribution >= 0.6 is 0 Å². The van der Waals surface area contributed by atoms with Crippen molar-refractivity contribution in [2.45, 2.75) is 25.6 Å². The van der Waals surface area contributed by atoms with Crippen LogP contribution in [0.1, 0.15) is 12.0 Å². The molecule has 4 N–H and O–H groups in total. The van der Waals surface area contributed by atoms with Gasteiger partial charge < -0.3 is 25.6 Å². The van der Waals surface area contributed by atoms with Crippen LogP contribution in [0.15, 0.2) is 12.1 Å². The zero-order chi connectivity index (χ0) is 16.7. The molecule has 0 saturated carbocycles. The molecule has 7 nitrogen and oxygen atoms in total. The summed E-state index contributed by atoms with van der Waals surface area (Å²) in [6, 6.07) is 3.30. The molecule has 0 aliphatic carbocycles. The fraction of sp³-hybridized carbons (Fsp3) is 0.467. The quantitative estimate of drug-likeness (QED) is 0.731. The van der Waals surface area contributed by atoms with Crippen LogP contribution in [0.3, 0.4) is 0 Å². The molecule has 124 valence electrons. The lowest BCUT2D eigenvalue weighted by Gasteiger charge is -2.35. The summed E-state index contributed by atoms with van der Waals surface area (Å²) in [4.78, 5) is 17.1. The number of nitrogen functional groups attached to an aromatic ring is 1. The maximum absolute atomic E-state index is 14.0. The minimum absolute atomic E-state index is 0.179. The van der Waals surface area contributed by atoms with Crippen molar-refractivity contribution < 1.29 is 14.3 Å². The molecule has 2 aromatic rings. The highest BCUT2D eigenvalue weighted by molar-refractivity contribution is 5.83. The molecule has 1 fully saturated rings. The lowest BCUT2D eigenvalue weighted by molar-refractivity contribution is 0.180. The average Bonchev–Trinajstić information content (AvgIpc) is 2.75. The van der Waals surface area contributed by atoms with Gasteiger partial charge in [-0.3, -0.25) is 0 Å². The number of carbonyl (C=O) groups is 1. The number of nitrogens with one attached hydrogen (secondary N) is 1. The van der Waals surface area contributed by atoms with E-state index in [0.717, 1.165) is 16.6 Å². The van der Waals surface area contributed by atoms with E-state index in [2.05, 4.69) is 10.3 Å². The number of nitrogens with two attached hydrogens (primary N) is 1. The fourth-order valence-electron chi connectivity index (χ4n) is 3.11. The largest absolute Gasteiger partial charge is 0.465 e. The van der Waals surface area contributed by atoms with Crippen LogP contribution < -0.4 is 16.0 Å². The second-order valence-electron chi connectivity index (χ2n) is 6.05. The van der Waals surface area contributed by atoms with E-state index in [0.29, 0.717) is 18.2 Å². The molecule has 3 rings (SSSR count). The topological polar surface area (TPSA) is 96.4 Å². The van der Waals surface area contributed by atoms with Crippen LogP contribution in [0.4, 0.5) is 20.8 Å². The Balaban J connectivity index is 1.95. The maximum Gasteiger partial charge on any atom is 0.404 e. The summed E-state index contributed by atoms with van der Waals surface area (Å²) >= 11 is 0. The minimum Gasteiger partial charge on any atom is -0.465 e. The Bertz CT molecular complexity index is 760. The summed E-state index contributed by atoms with van der Waals surface area (Å²) in [6.45, 7) is 2.51. The zero-order valence-corrected chi connectivity index (χ0v) is 13.1. The van der Waals surface area contributed by atoms with Crippen LogP contribution in [0.2, 0.25) is 0 Å². The van der Waals surface area contributed by atoms with Gasteiger partial charge in [0.15, 0.2) is 0 Å². The summed E-state index contributed by atoms with van der Waals surface area (Å²) in [7, 11) is 1.86. The fourth-order valence-corrected chi connectivity index (χ4v) is 3.11. The summed E-state index contributed by atoms with van der Waals surface area (Å²) in [5, 5.41) is 11.2. The van der Waals surface area contributed by atoms with E-state index in [1.54, 1.807) is 11.0 Å². The van der Waals surface area contributed by atoms with Crippen molar-refractivity contribution in [2.75, 3.05) is 23.7 Å². The van der Waals surface area contributed by atoms with Gasteiger partial charge in [-0.25, -0.2) is 14.2 Å². The van der Waals surface area contributed by atoms with E-state index in [1.165, 1.54) is 0 Å². The van der Waals surface area contributed by atoms with Gasteiger partial charge in [0.2, 0.25) is 5.95 Å². The molecule has 0 bridgehead atoms. The highest BCUT2D eigenvalue weighted by Crippen LogP contribution is 2.27. The van der Waals surface area contributed by atoms with Crippen LogP contribution in [0, 0.1) is 6.92 Å². The Labute approximate surface area is 132 Å². The first kappa shape index (κ1) is 15.4. The van der Waals surface area contributed by atoms with Gasteiger partial charge in [0, 0.05) is 25.7 Å². The number of hydrogen-bond acceptors (Lipinski definition) is 4. The normalized spacial score (nSPS) is 21.6. The summed E-state index contributed by atoms with van der Waals surface area (Å²) in [6.07, 6.45) is -2.07. The number of alkyl halides is 1. The summed E-state index contributed by atoms with van der Waals surface area (Å²) in [5.74, 6) is 0.615. The van der Waals surface area contributed by atoms with Crippen LogP contribution in [-0.2, 0) is 7.05 Å². The first-order valence-corrected chi connectivity index (χ1v) is 7.46.